The first-order chi connectivity index (χ1) is 7.00. The van der Waals surface area contributed by atoms with Crippen LogP contribution in [0.2, 0.25) is 0 Å². The van der Waals surface area contributed by atoms with E-state index in [0.717, 1.165) is 24.5 Å². The number of benzene rings is 1. The minimum absolute atomic E-state index is 0. The molecule has 5 heteroatoms. The van der Waals surface area contributed by atoms with Crippen LogP contribution in [0.5, 0.6) is 0 Å². The van der Waals surface area contributed by atoms with Crippen LogP contribution in [0.3, 0.4) is 0 Å². The van der Waals surface area contributed by atoms with Gasteiger partial charge in [0.15, 0.2) is 0 Å². The third-order valence-corrected chi connectivity index (χ3v) is 2.63. The molecule has 1 aliphatic carbocycles. The monoisotopic (exact) mass is 251 g/mol. The van der Waals surface area contributed by atoms with Gasteiger partial charge in [0.1, 0.15) is 0 Å². The number of nitrogens with two attached hydrogens (primary N) is 1. The minimum atomic E-state index is -4.27. The van der Waals surface area contributed by atoms with Crippen molar-refractivity contribution in [2.75, 3.05) is 0 Å². The van der Waals surface area contributed by atoms with Gasteiger partial charge in [0.25, 0.3) is 0 Å². The van der Waals surface area contributed by atoms with Crippen molar-refractivity contribution in [1.82, 2.24) is 0 Å². The molecule has 1 nitrogen and oxygen atoms in total. The maximum absolute atomic E-state index is 12.5. The molecule has 0 atom stereocenters. The lowest BCUT2D eigenvalue weighted by molar-refractivity contribution is -0.137. The third-order valence-electron chi connectivity index (χ3n) is 2.63. The van der Waals surface area contributed by atoms with E-state index in [-0.39, 0.29) is 19.0 Å². The molecule has 1 saturated carbocycles. The predicted molar refractivity (Wildman–Crippen MR) is 58.6 cm³/mol. The smallest absolute Gasteiger partial charge is 0.326 e. The molecule has 2 N–H and O–H groups in total. The zero-order chi connectivity index (χ0) is 11.1. The summed E-state index contributed by atoms with van der Waals surface area (Å²) in [6.07, 6.45) is -2.29. The zero-order valence-corrected chi connectivity index (χ0v) is 9.37. The summed E-state index contributed by atoms with van der Waals surface area (Å²) in [5, 5.41) is 0. The van der Waals surface area contributed by atoms with Crippen LogP contribution in [0, 0.1) is 0 Å². The Kier molecular flexibility index (Phi) is 3.86. The van der Waals surface area contributed by atoms with Crippen molar-refractivity contribution in [3.8, 4) is 0 Å². The summed E-state index contributed by atoms with van der Waals surface area (Å²) >= 11 is 0. The molecule has 1 fully saturated rings. The Morgan fingerprint density at radius 3 is 2.25 bits per heavy atom. The van der Waals surface area contributed by atoms with Crippen molar-refractivity contribution in [2.24, 2.45) is 5.73 Å². The molecule has 1 aromatic rings. The highest BCUT2D eigenvalue weighted by atomic mass is 35.5. The Morgan fingerprint density at radius 1 is 1.19 bits per heavy atom. The van der Waals surface area contributed by atoms with Gasteiger partial charge >= 0.3 is 6.18 Å². The molecule has 1 aliphatic rings. The van der Waals surface area contributed by atoms with Crippen molar-refractivity contribution in [2.45, 2.75) is 31.5 Å². The third kappa shape index (κ3) is 2.89. The van der Waals surface area contributed by atoms with Crippen LogP contribution in [0.25, 0.3) is 0 Å². The summed E-state index contributed by atoms with van der Waals surface area (Å²) in [6, 6.07) is 4.16. The summed E-state index contributed by atoms with van der Waals surface area (Å²) in [7, 11) is 0. The average molecular weight is 252 g/mol. The Hall–Kier alpha value is -0.740. The quantitative estimate of drug-likeness (QED) is 0.856. The van der Waals surface area contributed by atoms with Gasteiger partial charge in [-0.05, 0) is 42.0 Å². The van der Waals surface area contributed by atoms with E-state index in [1.807, 2.05) is 0 Å². The van der Waals surface area contributed by atoms with Crippen LogP contribution in [0.4, 0.5) is 13.2 Å². The van der Waals surface area contributed by atoms with Gasteiger partial charge in [-0.25, -0.2) is 0 Å². The summed E-state index contributed by atoms with van der Waals surface area (Å²) in [5.41, 5.74) is 6.15. The van der Waals surface area contributed by atoms with E-state index in [2.05, 4.69) is 0 Å². The van der Waals surface area contributed by atoms with Gasteiger partial charge in [0, 0.05) is 6.54 Å². The largest absolute Gasteiger partial charge is 0.416 e. The second-order valence-electron chi connectivity index (χ2n) is 3.94. The Morgan fingerprint density at radius 2 is 1.81 bits per heavy atom. The van der Waals surface area contributed by atoms with E-state index in [1.54, 1.807) is 6.07 Å². The fourth-order valence-electron chi connectivity index (χ4n) is 1.65. The molecular formula is C11H13ClF3N. The summed E-state index contributed by atoms with van der Waals surface area (Å²) in [5.74, 6) is 0.317. The summed E-state index contributed by atoms with van der Waals surface area (Å²) in [6.45, 7) is 0.156. The number of alkyl halides is 3. The number of hydrogen-bond acceptors (Lipinski definition) is 1. The highest BCUT2D eigenvalue weighted by molar-refractivity contribution is 5.85. The van der Waals surface area contributed by atoms with Gasteiger partial charge in [0.2, 0.25) is 0 Å². The lowest BCUT2D eigenvalue weighted by Crippen LogP contribution is -2.08. The number of rotatable bonds is 2. The normalized spacial score (nSPS) is 15.8. The lowest BCUT2D eigenvalue weighted by Gasteiger charge is -2.11. The first-order valence-corrected chi connectivity index (χ1v) is 4.92. The second-order valence-corrected chi connectivity index (χ2v) is 3.94. The van der Waals surface area contributed by atoms with Crippen LogP contribution < -0.4 is 5.73 Å². The molecule has 0 amide bonds. The van der Waals surface area contributed by atoms with Gasteiger partial charge in [-0.15, -0.1) is 12.4 Å². The van der Waals surface area contributed by atoms with Crippen molar-refractivity contribution in [1.29, 1.82) is 0 Å². The standard InChI is InChI=1S/C11H12F3N.ClH/c12-11(13,14)10-4-7(6-15)3-9(5-10)8-1-2-8;/h3-5,8H,1-2,6,15H2;1H. The van der Waals surface area contributed by atoms with Gasteiger partial charge in [0.05, 0.1) is 5.56 Å². The lowest BCUT2D eigenvalue weighted by atomic mass is 10.0. The van der Waals surface area contributed by atoms with Gasteiger partial charge < -0.3 is 5.73 Å². The van der Waals surface area contributed by atoms with Gasteiger partial charge in [-0.1, -0.05) is 6.07 Å². The van der Waals surface area contributed by atoms with Gasteiger partial charge in [-0.2, -0.15) is 13.2 Å². The first kappa shape index (κ1) is 13.3. The van der Waals surface area contributed by atoms with E-state index in [0.29, 0.717) is 11.5 Å². The van der Waals surface area contributed by atoms with Gasteiger partial charge in [-0.3, -0.25) is 0 Å². The summed E-state index contributed by atoms with van der Waals surface area (Å²) < 4.78 is 37.6. The average Bonchev–Trinajstić information content (AvgIpc) is 2.99. The topological polar surface area (TPSA) is 26.0 Å². The Labute approximate surface area is 98.2 Å². The van der Waals surface area contributed by atoms with Crippen molar-refractivity contribution < 1.29 is 13.2 Å². The molecular weight excluding hydrogens is 239 g/mol. The molecule has 0 radical (unpaired) electrons. The van der Waals surface area contributed by atoms with E-state index in [1.165, 1.54) is 6.07 Å². The van der Waals surface area contributed by atoms with Crippen molar-refractivity contribution >= 4 is 12.4 Å². The van der Waals surface area contributed by atoms with Crippen molar-refractivity contribution in [3.05, 3.63) is 34.9 Å². The molecule has 90 valence electrons. The van der Waals surface area contributed by atoms with Crippen LogP contribution >= 0.6 is 12.4 Å². The van der Waals surface area contributed by atoms with Crippen LogP contribution in [-0.4, -0.2) is 0 Å². The molecule has 0 heterocycles. The minimum Gasteiger partial charge on any atom is -0.326 e. The van der Waals surface area contributed by atoms with Crippen LogP contribution in [0.15, 0.2) is 18.2 Å². The van der Waals surface area contributed by atoms with Crippen LogP contribution in [-0.2, 0) is 12.7 Å². The SMILES string of the molecule is Cl.NCc1cc(C2CC2)cc(C(F)(F)F)c1. The molecule has 0 unspecified atom stereocenters. The molecule has 0 spiro atoms. The van der Waals surface area contributed by atoms with E-state index in [4.69, 9.17) is 5.73 Å². The predicted octanol–water partition coefficient (Wildman–Crippen LogP) is 3.46. The highest BCUT2D eigenvalue weighted by Crippen LogP contribution is 2.42. The molecule has 0 aliphatic heterocycles. The molecule has 0 bridgehead atoms. The Balaban J connectivity index is 0.00000128. The maximum atomic E-state index is 12.5. The molecule has 1 aromatic carbocycles. The van der Waals surface area contributed by atoms with E-state index >= 15 is 0 Å². The first-order valence-electron chi connectivity index (χ1n) is 4.92. The molecule has 16 heavy (non-hydrogen) atoms. The zero-order valence-electron chi connectivity index (χ0n) is 8.55. The number of hydrogen-bond donors (Lipinski definition) is 1. The van der Waals surface area contributed by atoms with Crippen LogP contribution in [0.1, 0.15) is 35.4 Å². The fraction of sp³-hybridized carbons (Fsp3) is 0.455. The fourth-order valence-corrected chi connectivity index (χ4v) is 1.65. The van der Waals surface area contributed by atoms with Crippen molar-refractivity contribution in [3.63, 3.8) is 0 Å². The molecule has 0 aromatic heterocycles. The number of halogens is 4. The molecule has 2 rings (SSSR count). The maximum Gasteiger partial charge on any atom is 0.416 e. The van der Waals surface area contributed by atoms with E-state index < -0.39 is 11.7 Å². The second kappa shape index (κ2) is 4.63. The highest BCUT2D eigenvalue weighted by Gasteiger charge is 2.33. The summed E-state index contributed by atoms with van der Waals surface area (Å²) in [4.78, 5) is 0. The Bertz CT molecular complexity index is 372. The molecule has 0 saturated heterocycles. The van der Waals surface area contributed by atoms with E-state index in [9.17, 15) is 13.2 Å².